The second-order valence-electron chi connectivity index (χ2n) is 7.28. The molecule has 0 saturated carbocycles. The van der Waals surface area contributed by atoms with E-state index in [1.807, 2.05) is 0 Å². The maximum absolute atomic E-state index is 13.3. The average molecular weight is 501 g/mol. The van der Waals surface area contributed by atoms with Crippen LogP contribution >= 0.6 is 23.2 Å². The topological polar surface area (TPSA) is 109 Å². The van der Waals surface area contributed by atoms with Gasteiger partial charge in [0.25, 0.3) is 11.7 Å². The van der Waals surface area contributed by atoms with Gasteiger partial charge >= 0.3 is 0 Å². The van der Waals surface area contributed by atoms with Crippen molar-refractivity contribution in [2.75, 3.05) is 19.1 Å². The van der Waals surface area contributed by atoms with Crippen molar-refractivity contribution in [1.29, 1.82) is 0 Å². The number of rotatable bonds is 5. The normalized spacial score (nSPS) is 17.2. The molecular weight excluding hydrogens is 483 g/mol. The molecule has 1 fully saturated rings. The largest absolute Gasteiger partial charge is 0.507 e. The van der Waals surface area contributed by atoms with Gasteiger partial charge in [0.2, 0.25) is 0 Å². The Labute approximate surface area is 204 Å². The number of Topliss-reactive ketones (excluding diaryl/α,β-unsaturated/α-hetero) is 1. The summed E-state index contributed by atoms with van der Waals surface area (Å²) < 4.78 is 10.6. The van der Waals surface area contributed by atoms with Crippen molar-refractivity contribution >= 4 is 46.3 Å². The first kappa shape index (κ1) is 23.4. The minimum atomic E-state index is -1.12. The minimum Gasteiger partial charge on any atom is -0.507 e. The Bertz CT molecular complexity index is 1330. The molecule has 1 amide bonds. The highest BCUT2D eigenvalue weighted by Gasteiger charge is 2.48. The number of aliphatic hydroxyl groups is 1. The SMILES string of the molecule is COc1cc(/C(O)=C2\C(=O)C(=O)N(c3cc(Cl)ccc3O)C2c2cccnc2)c(OC)cc1Cl. The number of methoxy groups -OCH3 is 2. The van der Waals surface area contributed by atoms with Gasteiger partial charge in [0.15, 0.2) is 0 Å². The highest BCUT2D eigenvalue weighted by Crippen LogP contribution is 2.46. The summed E-state index contributed by atoms with van der Waals surface area (Å²) >= 11 is 12.3. The van der Waals surface area contributed by atoms with Crippen molar-refractivity contribution in [3.05, 3.63) is 81.6 Å². The molecule has 1 saturated heterocycles. The first-order chi connectivity index (χ1) is 16.3. The van der Waals surface area contributed by atoms with Crippen LogP contribution in [0.4, 0.5) is 5.69 Å². The van der Waals surface area contributed by atoms with Crippen molar-refractivity contribution < 1.29 is 29.3 Å². The number of anilines is 1. The number of aliphatic hydroxyl groups excluding tert-OH is 1. The molecule has 2 heterocycles. The third kappa shape index (κ3) is 3.91. The summed E-state index contributed by atoms with van der Waals surface area (Å²) in [7, 11) is 2.77. The van der Waals surface area contributed by atoms with E-state index in [0.29, 0.717) is 5.56 Å². The minimum absolute atomic E-state index is 0.00292. The Hall–Kier alpha value is -3.75. The van der Waals surface area contributed by atoms with Gasteiger partial charge in [-0.05, 0) is 35.9 Å². The van der Waals surface area contributed by atoms with E-state index in [1.54, 1.807) is 12.1 Å². The van der Waals surface area contributed by atoms with Gasteiger partial charge in [-0.3, -0.25) is 19.5 Å². The third-order valence-electron chi connectivity index (χ3n) is 5.37. The van der Waals surface area contributed by atoms with E-state index in [0.717, 1.165) is 4.90 Å². The van der Waals surface area contributed by atoms with Gasteiger partial charge in [-0.25, -0.2) is 0 Å². The summed E-state index contributed by atoms with van der Waals surface area (Å²) in [5, 5.41) is 22.3. The number of aromatic hydroxyl groups is 1. The van der Waals surface area contributed by atoms with Crippen LogP contribution in [0.1, 0.15) is 17.2 Å². The predicted octanol–water partition coefficient (Wildman–Crippen LogP) is 4.74. The fraction of sp³-hybridized carbons (Fsp3) is 0.125. The Morgan fingerprint density at radius 2 is 1.79 bits per heavy atom. The second kappa shape index (κ2) is 9.24. The molecule has 1 atom stereocenters. The molecule has 2 aromatic carbocycles. The summed E-state index contributed by atoms with van der Waals surface area (Å²) in [4.78, 5) is 31.6. The van der Waals surface area contributed by atoms with E-state index in [2.05, 4.69) is 4.98 Å². The molecule has 0 radical (unpaired) electrons. The highest BCUT2D eigenvalue weighted by atomic mass is 35.5. The molecule has 0 bridgehead atoms. The number of carbonyl (C=O) groups excluding carboxylic acids is 2. The summed E-state index contributed by atoms with van der Waals surface area (Å²) in [5.41, 5.74) is 0.275. The van der Waals surface area contributed by atoms with Gasteiger partial charge in [0.1, 0.15) is 23.0 Å². The van der Waals surface area contributed by atoms with Gasteiger partial charge in [0, 0.05) is 23.5 Å². The molecule has 1 aliphatic rings. The lowest BCUT2D eigenvalue weighted by atomic mass is 9.95. The Morgan fingerprint density at radius 3 is 2.44 bits per heavy atom. The average Bonchev–Trinajstić information content (AvgIpc) is 3.10. The summed E-state index contributed by atoms with van der Waals surface area (Å²) in [5.74, 6) is -2.34. The molecule has 1 unspecified atom stereocenters. The summed E-state index contributed by atoms with van der Waals surface area (Å²) in [6.07, 6.45) is 2.98. The Morgan fingerprint density at radius 1 is 1.06 bits per heavy atom. The first-order valence-corrected chi connectivity index (χ1v) is 10.7. The number of benzene rings is 2. The van der Waals surface area contributed by atoms with E-state index in [-0.39, 0.29) is 44.1 Å². The van der Waals surface area contributed by atoms with Gasteiger partial charge in [-0.2, -0.15) is 0 Å². The number of ether oxygens (including phenoxy) is 2. The smallest absolute Gasteiger partial charge is 0.300 e. The molecule has 1 aliphatic heterocycles. The van der Waals surface area contributed by atoms with Crippen molar-refractivity contribution in [3.63, 3.8) is 0 Å². The fourth-order valence-corrected chi connectivity index (χ4v) is 4.21. The van der Waals surface area contributed by atoms with Crippen LogP contribution in [0.2, 0.25) is 10.0 Å². The molecule has 34 heavy (non-hydrogen) atoms. The van der Waals surface area contributed by atoms with Crippen LogP contribution in [-0.2, 0) is 9.59 Å². The number of ketones is 1. The van der Waals surface area contributed by atoms with Gasteiger partial charge in [-0.15, -0.1) is 0 Å². The van der Waals surface area contributed by atoms with E-state index < -0.39 is 23.5 Å². The number of phenols is 1. The molecule has 8 nitrogen and oxygen atoms in total. The maximum atomic E-state index is 13.3. The van der Waals surface area contributed by atoms with Crippen LogP contribution in [0, 0.1) is 0 Å². The highest BCUT2D eigenvalue weighted by molar-refractivity contribution is 6.52. The number of pyridine rings is 1. The van der Waals surface area contributed by atoms with Gasteiger partial charge < -0.3 is 19.7 Å². The van der Waals surface area contributed by atoms with Crippen molar-refractivity contribution in [2.45, 2.75) is 6.04 Å². The molecule has 0 aliphatic carbocycles. The van der Waals surface area contributed by atoms with E-state index in [4.69, 9.17) is 32.7 Å². The summed E-state index contributed by atoms with van der Waals surface area (Å²) in [6, 6.07) is 9.09. The van der Waals surface area contributed by atoms with Crippen LogP contribution in [0.3, 0.4) is 0 Å². The lowest BCUT2D eigenvalue weighted by Crippen LogP contribution is -2.29. The lowest BCUT2D eigenvalue weighted by molar-refractivity contribution is -0.132. The van der Waals surface area contributed by atoms with Crippen LogP contribution in [0.5, 0.6) is 17.2 Å². The molecule has 1 aromatic heterocycles. The molecule has 0 spiro atoms. The summed E-state index contributed by atoms with van der Waals surface area (Å²) in [6.45, 7) is 0. The predicted molar refractivity (Wildman–Crippen MR) is 127 cm³/mol. The third-order valence-corrected chi connectivity index (χ3v) is 5.90. The van der Waals surface area contributed by atoms with E-state index >= 15 is 0 Å². The molecular formula is C24H18Cl2N2O6. The fourth-order valence-electron chi connectivity index (χ4n) is 3.81. The van der Waals surface area contributed by atoms with Crippen LogP contribution in [0.15, 0.2) is 60.4 Å². The van der Waals surface area contributed by atoms with Gasteiger partial charge in [-0.1, -0.05) is 29.3 Å². The Balaban J connectivity index is 2.02. The number of halogens is 2. The second-order valence-corrected chi connectivity index (χ2v) is 8.12. The number of aromatic nitrogens is 1. The number of nitrogens with zero attached hydrogens (tertiary/aromatic N) is 2. The number of hydrogen-bond acceptors (Lipinski definition) is 7. The molecule has 10 heteroatoms. The van der Waals surface area contributed by atoms with E-state index in [9.17, 15) is 19.8 Å². The monoisotopic (exact) mass is 500 g/mol. The number of hydrogen-bond donors (Lipinski definition) is 2. The van der Waals surface area contributed by atoms with E-state index in [1.165, 1.54) is 56.9 Å². The first-order valence-electron chi connectivity index (χ1n) is 9.89. The molecule has 174 valence electrons. The number of amides is 1. The van der Waals surface area contributed by atoms with Crippen LogP contribution < -0.4 is 14.4 Å². The van der Waals surface area contributed by atoms with Gasteiger partial charge in [0.05, 0.1) is 42.1 Å². The van der Waals surface area contributed by atoms with Crippen molar-refractivity contribution in [3.8, 4) is 17.2 Å². The number of carbonyl (C=O) groups is 2. The van der Waals surface area contributed by atoms with Crippen molar-refractivity contribution in [1.82, 2.24) is 4.98 Å². The van der Waals surface area contributed by atoms with Crippen LogP contribution in [-0.4, -0.2) is 41.1 Å². The standard InChI is InChI=1S/C24H18Cl2N2O6/c1-33-18-10-15(26)19(34-2)9-14(18)22(30)20-21(12-4-3-7-27-11-12)28(24(32)23(20)31)16-8-13(25)5-6-17(16)29/h3-11,21,29-30H,1-2H3/b22-20+. The maximum Gasteiger partial charge on any atom is 0.300 e. The zero-order chi connectivity index (χ0) is 24.6. The zero-order valence-electron chi connectivity index (χ0n) is 18.0. The molecule has 4 rings (SSSR count). The lowest BCUT2D eigenvalue weighted by Gasteiger charge is -2.26. The Kier molecular flexibility index (Phi) is 6.37. The quantitative estimate of drug-likeness (QED) is 0.295. The van der Waals surface area contributed by atoms with Crippen LogP contribution in [0.25, 0.3) is 5.76 Å². The van der Waals surface area contributed by atoms with Crippen molar-refractivity contribution in [2.24, 2.45) is 0 Å². The number of phenolic OH excluding ortho intramolecular Hbond substituents is 1. The zero-order valence-corrected chi connectivity index (χ0v) is 19.5. The molecule has 3 aromatic rings. The molecule has 2 N–H and O–H groups in total.